The number of carbonyl (C=O) groups excluding carboxylic acids is 2. The number of nitrogens with zero attached hydrogens (tertiary/aromatic N) is 2. The lowest BCUT2D eigenvalue weighted by molar-refractivity contribution is -0.384. The summed E-state index contributed by atoms with van der Waals surface area (Å²) in [6.45, 7) is 4.01. The fourth-order valence-corrected chi connectivity index (χ4v) is 4.22. The van der Waals surface area contributed by atoms with E-state index in [9.17, 15) is 19.7 Å². The van der Waals surface area contributed by atoms with Gasteiger partial charge in [-0.25, -0.2) is 9.59 Å². The lowest BCUT2D eigenvalue weighted by Crippen LogP contribution is -2.49. The van der Waals surface area contributed by atoms with Crippen molar-refractivity contribution >= 4 is 29.4 Å². The van der Waals surface area contributed by atoms with Crippen molar-refractivity contribution in [2.24, 2.45) is 0 Å². The van der Waals surface area contributed by atoms with Crippen LogP contribution in [-0.2, 0) is 9.53 Å². The zero-order chi connectivity index (χ0) is 20.1. The SMILES string of the molecule is CCOC(=O)C1=C(CN2CCSCC2)NC(=O)N[C@H]1c1cccc([N+](=O)[O-])c1. The molecule has 0 aliphatic carbocycles. The maximum absolute atomic E-state index is 12.7. The van der Waals surface area contributed by atoms with Crippen LogP contribution >= 0.6 is 11.8 Å². The third kappa shape index (κ3) is 4.63. The Balaban J connectivity index is 2.01. The van der Waals surface area contributed by atoms with E-state index in [4.69, 9.17) is 4.74 Å². The Bertz CT molecular complexity index is 807. The number of hydrogen-bond donors (Lipinski definition) is 2. The second kappa shape index (κ2) is 9.07. The van der Waals surface area contributed by atoms with Crippen LogP contribution in [0.5, 0.6) is 0 Å². The molecule has 0 unspecified atom stereocenters. The molecule has 10 heteroatoms. The van der Waals surface area contributed by atoms with Crippen LogP contribution in [0.1, 0.15) is 18.5 Å². The number of nitrogens with one attached hydrogen (secondary N) is 2. The molecule has 0 saturated carbocycles. The molecule has 150 valence electrons. The molecule has 28 heavy (non-hydrogen) atoms. The van der Waals surface area contributed by atoms with Crippen molar-refractivity contribution in [3.05, 3.63) is 51.2 Å². The first-order chi connectivity index (χ1) is 13.5. The number of hydrogen-bond acceptors (Lipinski definition) is 7. The van der Waals surface area contributed by atoms with Crippen LogP contribution in [0.25, 0.3) is 0 Å². The van der Waals surface area contributed by atoms with Gasteiger partial charge in [0.25, 0.3) is 5.69 Å². The van der Waals surface area contributed by atoms with Crippen LogP contribution in [-0.4, -0.2) is 59.6 Å². The average Bonchev–Trinajstić information content (AvgIpc) is 2.68. The summed E-state index contributed by atoms with van der Waals surface area (Å²) in [6.07, 6.45) is 0. The van der Waals surface area contributed by atoms with Crippen molar-refractivity contribution in [2.75, 3.05) is 37.7 Å². The predicted octanol–water partition coefficient (Wildman–Crippen LogP) is 1.81. The molecule has 1 atom stereocenters. The van der Waals surface area contributed by atoms with Gasteiger partial charge in [0.15, 0.2) is 0 Å². The topological polar surface area (TPSA) is 114 Å². The summed E-state index contributed by atoms with van der Waals surface area (Å²) in [5.74, 6) is 1.43. The number of ether oxygens (including phenoxy) is 1. The molecule has 3 rings (SSSR count). The minimum Gasteiger partial charge on any atom is -0.463 e. The predicted molar refractivity (Wildman–Crippen MR) is 105 cm³/mol. The smallest absolute Gasteiger partial charge is 0.338 e. The highest BCUT2D eigenvalue weighted by molar-refractivity contribution is 7.99. The first-order valence-electron chi connectivity index (χ1n) is 9.01. The molecule has 2 N–H and O–H groups in total. The van der Waals surface area contributed by atoms with Crippen LogP contribution in [0.4, 0.5) is 10.5 Å². The molecule has 1 saturated heterocycles. The van der Waals surface area contributed by atoms with Crippen molar-refractivity contribution in [3.8, 4) is 0 Å². The van der Waals surface area contributed by atoms with Crippen LogP contribution in [0, 0.1) is 10.1 Å². The maximum atomic E-state index is 12.7. The van der Waals surface area contributed by atoms with E-state index in [-0.39, 0.29) is 17.9 Å². The van der Waals surface area contributed by atoms with E-state index in [1.54, 1.807) is 13.0 Å². The van der Waals surface area contributed by atoms with Crippen molar-refractivity contribution in [2.45, 2.75) is 13.0 Å². The largest absolute Gasteiger partial charge is 0.463 e. The standard InChI is InChI=1S/C18H22N4O5S/c1-2-27-17(23)15-14(11-21-6-8-28-9-7-21)19-18(24)20-16(15)12-4-3-5-13(10-12)22(25)26/h3-5,10,16H,2,6-9,11H2,1H3,(H2,19,20,24)/t16-/m0/s1. The summed E-state index contributed by atoms with van der Waals surface area (Å²) in [7, 11) is 0. The summed E-state index contributed by atoms with van der Waals surface area (Å²) < 4.78 is 5.22. The van der Waals surface area contributed by atoms with Crippen LogP contribution in [0.3, 0.4) is 0 Å². The van der Waals surface area contributed by atoms with Gasteiger partial charge in [-0.2, -0.15) is 11.8 Å². The lowest BCUT2D eigenvalue weighted by atomic mass is 9.94. The molecule has 0 aromatic heterocycles. The van der Waals surface area contributed by atoms with Crippen LogP contribution in [0.15, 0.2) is 35.5 Å². The van der Waals surface area contributed by atoms with Crippen molar-refractivity contribution in [3.63, 3.8) is 0 Å². The maximum Gasteiger partial charge on any atom is 0.338 e. The van der Waals surface area contributed by atoms with Gasteiger partial charge in [0.05, 0.1) is 23.1 Å². The summed E-state index contributed by atoms with van der Waals surface area (Å²) in [5, 5.41) is 16.6. The summed E-state index contributed by atoms with van der Waals surface area (Å²) in [5.41, 5.74) is 1.10. The number of rotatable bonds is 6. The third-order valence-electron chi connectivity index (χ3n) is 4.55. The van der Waals surface area contributed by atoms with Gasteiger partial charge >= 0.3 is 12.0 Å². The van der Waals surface area contributed by atoms with Crippen LogP contribution < -0.4 is 10.6 Å². The van der Waals surface area contributed by atoms with E-state index in [0.717, 1.165) is 24.6 Å². The van der Waals surface area contributed by atoms with Gasteiger partial charge in [-0.15, -0.1) is 0 Å². The number of carbonyl (C=O) groups is 2. The number of thioether (sulfide) groups is 1. The van der Waals surface area contributed by atoms with Gasteiger partial charge < -0.3 is 15.4 Å². The van der Waals surface area contributed by atoms with E-state index in [1.165, 1.54) is 18.2 Å². The molecule has 2 heterocycles. The minimum absolute atomic E-state index is 0.108. The molecule has 0 spiro atoms. The number of amides is 2. The zero-order valence-electron chi connectivity index (χ0n) is 15.5. The summed E-state index contributed by atoms with van der Waals surface area (Å²) >= 11 is 1.87. The van der Waals surface area contributed by atoms with E-state index >= 15 is 0 Å². The Kier molecular flexibility index (Phi) is 6.53. The minimum atomic E-state index is -0.818. The first-order valence-corrected chi connectivity index (χ1v) is 10.2. The normalized spacial score (nSPS) is 20.3. The highest BCUT2D eigenvalue weighted by atomic mass is 32.2. The van der Waals surface area contributed by atoms with Gasteiger partial charge in [0, 0.05) is 49.0 Å². The molecule has 1 aromatic rings. The van der Waals surface area contributed by atoms with Crippen LogP contribution in [0.2, 0.25) is 0 Å². The molecule has 1 fully saturated rings. The van der Waals surface area contributed by atoms with E-state index in [2.05, 4.69) is 15.5 Å². The van der Waals surface area contributed by atoms with Gasteiger partial charge in [-0.3, -0.25) is 15.0 Å². The number of non-ortho nitro benzene ring substituents is 1. The monoisotopic (exact) mass is 406 g/mol. The Labute approximate surface area is 166 Å². The highest BCUT2D eigenvalue weighted by Crippen LogP contribution is 2.30. The van der Waals surface area contributed by atoms with Crippen molar-refractivity contribution in [1.29, 1.82) is 0 Å². The second-order valence-electron chi connectivity index (χ2n) is 6.38. The Morgan fingerprint density at radius 2 is 2.14 bits per heavy atom. The zero-order valence-corrected chi connectivity index (χ0v) is 16.3. The van der Waals surface area contributed by atoms with Crippen molar-refractivity contribution < 1.29 is 19.2 Å². The Morgan fingerprint density at radius 1 is 1.39 bits per heavy atom. The van der Waals surface area contributed by atoms with Gasteiger partial charge in [-0.05, 0) is 12.5 Å². The van der Waals surface area contributed by atoms with E-state index in [0.29, 0.717) is 17.8 Å². The average molecular weight is 406 g/mol. The fraction of sp³-hybridized carbons (Fsp3) is 0.444. The Hall–Kier alpha value is -2.59. The first kappa shape index (κ1) is 20.2. The molecule has 2 amide bonds. The quantitative estimate of drug-likeness (QED) is 0.421. The number of benzene rings is 1. The second-order valence-corrected chi connectivity index (χ2v) is 7.61. The lowest BCUT2D eigenvalue weighted by Gasteiger charge is -2.33. The van der Waals surface area contributed by atoms with Gasteiger partial charge in [0.2, 0.25) is 0 Å². The molecule has 2 aliphatic rings. The number of nitro groups is 1. The molecule has 1 aromatic carbocycles. The number of urea groups is 1. The third-order valence-corrected chi connectivity index (χ3v) is 5.49. The molecule has 2 aliphatic heterocycles. The number of nitro benzene ring substituents is 1. The highest BCUT2D eigenvalue weighted by Gasteiger charge is 2.35. The number of esters is 1. The fourth-order valence-electron chi connectivity index (χ4n) is 3.24. The van der Waals surface area contributed by atoms with Crippen molar-refractivity contribution in [1.82, 2.24) is 15.5 Å². The van der Waals surface area contributed by atoms with E-state index < -0.39 is 23.0 Å². The molecule has 0 radical (unpaired) electrons. The Morgan fingerprint density at radius 3 is 2.82 bits per heavy atom. The molecule has 9 nitrogen and oxygen atoms in total. The summed E-state index contributed by atoms with van der Waals surface area (Å²) in [6, 6.07) is 4.65. The molecular formula is C18H22N4O5S. The van der Waals surface area contributed by atoms with Gasteiger partial charge in [0.1, 0.15) is 0 Å². The van der Waals surface area contributed by atoms with E-state index in [1.807, 2.05) is 11.8 Å². The van der Waals surface area contributed by atoms with Gasteiger partial charge in [-0.1, -0.05) is 12.1 Å². The summed E-state index contributed by atoms with van der Waals surface area (Å²) in [4.78, 5) is 37.8. The molecule has 0 bridgehead atoms. The molecular weight excluding hydrogens is 384 g/mol.